The normalized spacial score (nSPS) is 10.3. The summed E-state index contributed by atoms with van der Waals surface area (Å²) in [4.78, 5) is 4.12. The fourth-order valence-electron chi connectivity index (χ4n) is 1.02. The van der Waals surface area contributed by atoms with Crippen LogP contribution in [0, 0.1) is 5.82 Å². The molecule has 0 aliphatic heterocycles. The standard InChI is InChI=1S/C9H5Br2FN2S/c10-5-1-2-7(6(12)3-5)13-9-14-8(11)4-15-9/h1-4H,(H,13,14). The van der Waals surface area contributed by atoms with E-state index in [4.69, 9.17) is 0 Å². The molecule has 0 aliphatic rings. The monoisotopic (exact) mass is 350 g/mol. The highest BCUT2D eigenvalue weighted by Crippen LogP contribution is 2.26. The SMILES string of the molecule is Fc1cc(Br)ccc1Nc1nc(Br)cs1. The predicted octanol–water partition coefficient (Wildman–Crippen LogP) is 4.55. The van der Waals surface area contributed by atoms with E-state index in [9.17, 15) is 4.39 Å². The lowest BCUT2D eigenvalue weighted by Crippen LogP contribution is -1.92. The Bertz CT molecular complexity index is 487. The quantitative estimate of drug-likeness (QED) is 0.858. The van der Waals surface area contributed by atoms with Crippen LogP contribution in [-0.2, 0) is 0 Å². The number of aromatic nitrogens is 1. The first kappa shape index (κ1) is 11.0. The molecule has 2 aromatic rings. The van der Waals surface area contributed by atoms with Crippen molar-refractivity contribution in [1.82, 2.24) is 4.98 Å². The first-order valence-electron chi connectivity index (χ1n) is 3.98. The van der Waals surface area contributed by atoms with Gasteiger partial charge in [0.25, 0.3) is 0 Å². The van der Waals surface area contributed by atoms with Gasteiger partial charge in [-0.2, -0.15) is 0 Å². The molecular weight excluding hydrogens is 347 g/mol. The van der Waals surface area contributed by atoms with Gasteiger partial charge in [0.15, 0.2) is 5.13 Å². The summed E-state index contributed by atoms with van der Waals surface area (Å²) < 4.78 is 14.9. The van der Waals surface area contributed by atoms with Crippen LogP contribution in [0.5, 0.6) is 0 Å². The zero-order valence-electron chi connectivity index (χ0n) is 7.30. The second-order valence-electron chi connectivity index (χ2n) is 2.72. The zero-order chi connectivity index (χ0) is 10.8. The van der Waals surface area contributed by atoms with Crippen LogP contribution >= 0.6 is 43.2 Å². The number of rotatable bonds is 2. The van der Waals surface area contributed by atoms with E-state index in [0.29, 0.717) is 15.3 Å². The van der Waals surface area contributed by atoms with E-state index >= 15 is 0 Å². The Kier molecular flexibility index (Phi) is 3.38. The van der Waals surface area contributed by atoms with Crippen molar-refractivity contribution in [2.75, 3.05) is 5.32 Å². The zero-order valence-corrected chi connectivity index (χ0v) is 11.3. The van der Waals surface area contributed by atoms with Crippen molar-refractivity contribution in [2.45, 2.75) is 0 Å². The van der Waals surface area contributed by atoms with E-state index < -0.39 is 0 Å². The predicted molar refractivity (Wildman–Crippen MR) is 67.2 cm³/mol. The van der Waals surface area contributed by atoms with Gasteiger partial charge >= 0.3 is 0 Å². The molecular formula is C9H5Br2FN2S. The van der Waals surface area contributed by atoms with Gasteiger partial charge in [-0.15, -0.1) is 11.3 Å². The average molecular weight is 352 g/mol. The van der Waals surface area contributed by atoms with E-state index in [1.165, 1.54) is 17.4 Å². The van der Waals surface area contributed by atoms with Crippen molar-refractivity contribution >= 4 is 54.0 Å². The molecule has 6 heteroatoms. The number of nitrogens with zero attached hydrogens (tertiary/aromatic N) is 1. The van der Waals surface area contributed by atoms with E-state index in [1.54, 1.807) is 12.1 Å². The van der Waals surface area contributed by atoms with Crippen LogP contribution in [0.4, 0.5) is 15.2 Å². The Morgan fingerprint density at radius 1 is 1.33 bits per heavy atom. The largest absolute Gasteiger partial charge is 0.329 e. The second kappa shape index (κ2) is 4.59. The maximum absolute atomic E-state index is 13.4. The Morgan fingerprint density at radius 3 is 2.73 bits per heavy atom. The van der Waals surface area contributed by atoms with Crippen molar-refractivity contribution in [3.8, 4) is 0 Å². The Labute approximate surface area is 107 Å². The Balaban J connectivity index is 2.24. The smallest absolute Gasteiger partial charge is 0.188 e. The summed E-state index contributed by atoms with van der Waals surface area (Å²) in [6.07, 6.45) is 0. The van der Waals surface area contributed by atoms with Gasteiger partial charge in [0, 0.05) is 9.85 Å². The van der Waals surface area contributed by atoms with Crippen LogP contribution in [0.3, 0.4) is 0 Å². The molecule has 0 bridgehead atoms. The van der Waals surface area contributed by atoms with Crippen molar-refractivity contribution in [3.63, 3.8) is 0 Å². The number of hydrogen-bond acceptors (Lipinski definition) is 3. The Hall–Kier alpha value is -0.460. The molecule has 0 radical (unpaired) electrons. The van der Waals surface area contributed by atoms with Gasteiger partial charge in [-0.25, -0.2) is 9.37 Å². The number of nitrogens with one attached hydrogen (secondary N) is 1. The van der Waals surface area contributed by atoms with E-state index in [1.807, 2.05) is 5.38 Å². The molecule has 0 spiro atoms. The van der Waals surface area contributed by atoms with Crippen molar-refractivity contribution < 1.29 is 4.39 Å². The molecule has 0 amide bonds. The molecule has 1 aromatic carbocycles. The third-order valence-corrected chi connectivity index (χ3v) is 3.61. The molecule has 15 heavy (non-hydrogen) atoms. The lowest BCUT2D eigenvalue weighted by Gasteiger charge is -2.03. The van der Waals surface area contributed by atoms with Crippen molar-refractivity contribution in [3.05, 3.63) is 38.5 Å². The number of halogens is 3. The maximum Gasteiger partial charge on any atom is 0.188 e. The first-order valence-corrected chi connectivity index (χ1v) is 6.45. The molecule has 0 aliphatic carbocycles. The molecule has 1 aromatic heterocycles. The highest BCUT2D eigenvalue weighted by Gasteiger charge is 2.05. The molecule has 0 saturated heterocycles. The summed E-state index contributed by atoms with van der Waals surface area (Å²) in [6.45, 7) is 0. The third-order valence-electron chi connectivity index (χ3n) is 1.65. The lowest BCUT2D eigenvalue weighted by molar-refractivity contribution is 0.631. The van der Waals surface area contributed by atoms with Gasteiger partial charge in [0.05, 0.1) is 5.69 Å². The van der Waals surface area contributed by atoms with Crippen LogP contribution < -0.4 is 5.32 Å². The summed E-state index contributed by atoms with van der Waals surface area (Å²) in [5.74, 6) is -0.310. The summed E-state index contributed by atoms with van der Waals surface area (Å²) in [6, 6.07) is 4.84. The van der Waals surface area contributed by atoms with Gasteiger partial charge in [-0.05, 0) is 34.1 Å². The number of benzene rings is 1. The number of thiazole rings is 1. The van der Waals surface area contributed by atoms with Crippen LogP contribution in [0.15, 0.2) is 32.7 Å². The highest BCUT2D eigenvalue weighted by atomic mass is 79.9. The fraction of sp³-hybridized carbons (Fsp3) is 0. The van der Waals surface area contributed by atoms with E-state index in [0.717, 1.165) is 4.60 Å². The minimum atomic E-state index is -0.310. The van der Waals surface area contributed by atoms with Gasteiger partial charge < -0.3 is 5.32 Å². The molecule has 2 rings (SSSR count). The third kappa shape index (κ3) is 2.76. The van der Waals surface area contributed by atoms with Crippen LogP contribution in [-0.4, -0.2) is 4.98 Å². The molecule has 2 nitrogen and oxygen atoms in total. The van der Waals surface area contributed by atoms with Gasteiger partial charge in [-0.1, -0.05) is 15.9 Å². The number of hydrogen-bond donors (Lipinski definition) is 1. The van der Waals surface area contributed by atoms with Gasteiger partial charge in [0.2, 0.25) is 0 Å². The fourth-order valence-corrected chi connectivity index (χ4v) is 2.51. The van der Waals surface area contributed by atoms with E-state index in [-0.39, 0.29) is 5.82 Å². The minimum Gasteiger partial charge on any atom is -0.329 e. The summed E-state index contributed by atoms with van der Waals surface area (Å²) in [7, 11) is 0. The van der Waals surface area contributed by atoms with Crippen molar-refractivity contribution in [1.29, 1.82) is 0 Å². The summed E-state index contributed by atoms with van der Waals surface area (Å²) in [5.41, 5.74) is 0.417. The molecule has 78 valence electrons. The summed E-state index contributed by atoms with van der Waals surface area (Å²) in [5, 5.41) is 5.39. The van der Waals surface area contributed by atoms with Crippen LogP contribution in [0.1, 0.15) is 0 Å². The van der Waals surface area contributed by atoms with Gasteiger partial charge in [-0.3, -0.25) is 0 Å². The summed E-state index contributed by atoms with van der Waals surface area (Å²) >= 11 is 7.84. The molecule has 1 heterocycles. The van der Waals surface area contributed by atoms with Crippen LogP contribution in [0.2, 0.25) is 0 Å². The molecule has 1 N–H and O–H groups in total. The first-order chi connectivity index (χ1) is 7.15. The van der Waals surface area contributed by atoms with Crippen molar-refractivity contribution in [2.24, 2.45) is 0 Å². The minimum absolute atomic E-state index is 0.310. The molecule has 0 fully saturated rings. The molecule has 0 unspecified atom stereocenters. The molecule has 0 saturated carbocycles. The Morgan fingerprint density at radius 2 is 2.13 bits per heavy atom. The second-order valence-corrected chi connectivity index (χ2v) is 5.31. The highest BCUT2D eigenvalue weighted by molar-refractivity contribution is 9.10. The average Bonchev–Trinajstić information content (AvgIpc) is 2.56. The lowest BCUT2D eigenvalue weighted by atomic mass is 10.3. The van der Waals surface area contributed by atoms with E-state index in [2.05, 4.69) is 42.2 Å². The van der Waals surface area contributed by atoms with Crippen LogP contribution in [0.25, 0.3) is 0 Å². The molecule has 0 atom stereocenters. The maximum atomic E-state index is 13.4. The number of anilines is 2. The topological polar surface area (TPSA) is 24.9 Å². The van der Waals surface area contributed by atoms with Gasteiger partial charge in [0.1, 0.15) is 10.4 Å².